The first-order valence-corrected chi connectivity index (χ1v) is 12.0. The number of hydrogen-bond donors (Lipinski definition) is 2. The molecule has 0 spiro atoms. The smallest absolute Gasteiger partial charge is 0.232 e. The highest BCUT2D eigenvalue weighted by Gasteiger charge is 2.43. The molecule has 4 rings (SSSR count). The first-order valence-electron chi connectivity index (χ1n) is 12.0. The maximum atomic E-state index is 13.6. The molecule has 6 heteroatoms. The minimum Gasteiger partial charge on any atom is -0.508 e. The molecule has 3 aromatic rings. The average Bonchev–Trinajstić information content (AvgIpc) is 3.29. The van der Waals surface area contributed by atoms with Gasteiger partial charge in [0.1, 0.15) is 23.4 Å². The molecule has 1 atom stereocenters. The second kappa shape index (κ2) is 10.1. The Kier molecular flexibility index (Phi) is 7.13. The predicted octanol–water partition coefficient (Wildman–Crippen LogP) is 5.01. The highest BCUT2D eigenvalue weighted by atomic mass is 19.1. The van der Waals surface area contributed by atoms with Gasteiger partial charge in [0.15, 0.2) is 0 Å². The van der Waals surface area contributed by atoms with Crippen LogP contribution in [0.3, 0.4) is 0 Å². The highest BCUT2D eigenvalue weighted by molar-refractivity contribution is 5.90. The number of benzene rings is 3. The molecule has 0 radical (unpaired) electrons. The first kappa shape index (κ1) is 24.7. The third kappa shape index (κ3) is 5.33. The van der Waals surface area contributed by atoms with Crippen LogP contribution in [0.25, 0.3) is 0 Å². The summed E-state index contributed by atoms with van der Waals surface area (Å²) in [5.74, 6) is -0.716. The van der Waals surface area contributed by atoms with Gasteiger partial charge in [-0.3, -0.25) is 9.69 Å². The number of phenolic OH excluding ortho intramolecular Hbond substituents is 1. The van der Waals surface area contributed by atoms with E-state index < -0.39 is 11.2 Å². The Hall–Kier alpha value is -3.38. The molecular formula is C29H33FN2O3. The van der Waals surface area contributed by atoms with Crippen LogP contribution in [0.15, 0.2) is 78.9 Å². The molecule has 1 fully saturated rings. The summed E-state index contributed by atoms with van der Waals surface area (Å²) in [7, 11) is 0. The van der Waals surface area contributed by atoms with E-state index in [1.54, 1.807) is 0 Å². The Morgan fingerprint density at radius 1 is 1.03 bits per heavy atom. The van der Waals surface area contributed by atoms with Gasteiger partial charge in [-0.1, -0.05) is 60.7 Å². The van der Waals surface area contributed by atoms with E-state index in [1.165, 1.54) is 12.1 Å². The number of carbonyl (C=O) groups excluding carboxylic acids is 1. The number of aromatic hydroxyl groups is 1. The van der Waals surface area contributed by atoms with Gasteiger partial charge in [-0.2, -0.15) is 0 Å². The van der Waals surface area contributed by atoms with Crippen LogP contribution in [-0.2, 0) is 10.2 Å². The van der Waals surface area contributed by atoms with Crippen molar-refractivity contribution in [3.05, 3.63) is 95.8 Å². The molecule has 1 aliphatic heterocycles. The number of nitrogens with zero attached hydrogens (tertiary/aromatic N) is 1. The first-order chi connectivity index (χ1) is 16.7. The van der Waals surface area contributed by atoms with Crippen LogP contribution in [0.4, 0.5) is 4.39 Å². The third-order valence-corrected chi connectivity index (χ3v) is 7.23. The van der Waals surface area contributed by atoms with Gasteiger partial charge in [0.25, 0.3) is 0 Å². The topological polar surface area (TPSA) is 75.8 Å². The van der Waals surface area contributed by atoms with Crippen LogP contribution in [-0.4, -0.2) is 40.6 Å². The van der Waals surface area contributed by atoms with Crippen molar-refractivity contribution in [3.63, 3.8) is 0 Å². The maximum Gasteiger partial charge on any atom is 0.232 e. The summed E-state index contributed by atoms with van der Waals surface area (Å²) >= 11 is 0. The molecule has 0 unspecified atom stereocenters. The molecule has 184 valence electrons. The zero-order chi connectivity index (χ0) is 25.1. The van der Waals surface area contributed by atoms with Gasteiger partial charge < -0.3 is 15.6 Å². The van der Waals surface area contributed by atoms with Crippen LogP contribution in [0.5, 0.6) is 11.5 Å². The van der Waals surface area contributed by atoms with E-state index in [-0.39, 0.29) is 23.3 Å². The zero-order valence-electron chi connectivity index (χ0n) is 20.3. The Labute approximate surface area is 206 Å². The lowest BCUT2D eigenvalue weighted by Gasteiger charge is -2.40. The molecule has 35 heavy (non-hydrogen) atoms. The van der Waals surface area contributed by atoms with Gasteiger partial charge >= 0.3 is 0 Å². The van der Waals surface area contributed by atoms with Crippen molar-refractivity contribution in [1.82, 2.24) is 4.90 Å². The number of ether oxygens (including phenoxy) is 1. The van der Waals surface area contributed by atoms with Crippen molar-refractivity contribution in [2.75, 3.05) is 13.1 Å². The van der Waals surface area contributed by atoms with Crippen molar-refractivity contribution < 1.29 is 19.0 Å². The number of primary amides is 1. The van der Waals surface area contributed by atoms with E-state index in [9.17, 15) is 14.3 Å². The number of hydrogen-bond acceptors (Lipinski definition) is 4. The summed E-state index contributed by atoms with van der Waals surface area (Å²) < 4.78 is 19.6. The maximum absolute atomic E-state index is 13.6. The summed E-state index contributed by atoms with van der Waals surface area (Å²) in [5.41, 5.74) is 6.75. The summed E-state index contributed by atoms with van der Waals surface area (Å²) in [6.45, 7) is 5.83. The quantitative estimate of drug-likeness (QED) is 0.455. The molecular weight excluding hydrogens is 443 g/mol. The van der Waals surface area contributed by atoms with Crippen LogP contribution >= 0.6 is 0 Å². The predicted molar refractivity (Wildman–Crippen MR) is 135 cm³/mol. The summed E-state index contributed by atoms with van der Waals surface area (Å²) in [4.78, 5) is 15.5. The summed E-state index contributed by atoms with van der Waals surface area (Å²) in [5, 5.41) is 9.66. The number of rotatable bonds is 9. The van der Waals surface area contributed by atoms with E-state index >= 15 is 0 Å². The standard InChI is InChI=1S/C29H33FN2O3/c1-28(2,32-16-13-25(20-32)35-26-18-23(30)17-24(33)19-26)14-15-29(27(31)34,21-9-5-3-6-10-21)22-11-7-4-8-12-22/h3-12,17-19,25,33H,13-16,20H2,1-2H3,(H2,31,34)/t25-/m0/s1. The average molecular weight is 477 g/mol. The highest BCUT2D eigenvalue weighted by Crippen LogP contribution is 2.40. The second-order valence-electron chi connectivity index (χ2n) is 9.93. The zero-order valence-corrected chi connectivity index (χ0v) is 20.3. The number of nitrogens with two attached hydrogens (primary N) is 1. The van der Waals surface area contributed by atoms with E-state index in [0.717, 1.165) is 36.6 Å². The Bertz CT molecular complexity index is 1090. The van der Waals surface area contributed by atoms with Crippen molar-refractivity contribution in [2.45, 2.75) is 50.2 Å². The molecule has 1 amide bonds. The van der Waals surface area contributed by atoms with Crippen molar-refractivity contribution >= 4 is 5.91 Å². The third-order valence-electron chi connectivity index (χ3n) is 7.23. The lowest BCUT2D eigenvalue weighted by atomic mass is 9.69. The molecule has 3 aromatic carbocycles. The number of amides is 1. The fourth-order valence-corrected chi connectivity index (χ4v) is 5.14. The Balaban J connectivity index is 1.52. The van der Waals surface area contributed by atoms with E-state index in [1.807, 2.05) is 60.7 Å². The molecule has 0 aromatic heterocycles. The molecule has 0 saturated carbocycles. The van der Waals surface area contributed by atoms with Gasteiger partial charge in [0, 0.05) is 36.8 Å². The van der Waals surface area contributed by atoms with Crippen LogP contribution in [0.1, 0.15) is 44.2 Å². The van der Waals surface area contributed by atoms with Crippen LogP contribution in [0, 0.1) is 5.82 Å². The SMILES string of the molecule is CC(C)(CCC(C(N)=O)(c1ccccc1)c1ccccc1)N1CC[C@H](Oc2cc(O)cc(F)c2)C1. The van der Waals surface area contributed by atoms with Crippen molar-refractivity contribution in [2.24, 2.45) is 5.73 Å². The number of halogens is 1. The Morgan fingerprint density at radius 2 is 1.63 bits per heavy atom. The monoisotopic (exact) mass is 476 g/mol. The van der Waals surface area contributed by atoms with Gasteiger partial charge in [-0.25, -0.2) is 4.39 Å². The summed E-state index contributed by atoms with van der Waals surface area (Å²) in [6.07, 6.45) is 1.97. The largest absolute Gasteiger partial charge is 0.508 e. The molecule has 1 aliphatic rings. The van der Waals surface area contributed by atoms with Crippen molar-refractivity contribution in [1.29, 1.82) is 0 Å². The molecule has 0 aliphatic carbocycles. The van der Waals surface area contributed by atoms with Crippen LogP contribution in [0.2, 0.25) is 0 Å². The number of carbonyl (C=O) groups is 1. The molecule has 1 saturated heterocycles. The van der Waals surface area contributed by atoms with Gasteiger partial charge in [0.2, 0.25) is 5.91 Å². The van der Waals surface area contributed by atoms with Gasteiger partial charge in [-0.15, -0.1) is 0 Å². The normalized spacial score (nSPS) is 16.8. The minimum absolute atomic E-state index is 0.111. The fourth-order valence-electron chi connectivity index (χ4n) is 5.14. The van der Waals surface area contributed by atoms with Gasteiger partial charge in [-0.05, 0) is 44.2 Å². The van der Waals surface area contributed by atoms with E-state index in [4.69, 9.17) is 10.5 Å². The second-order valence-corrected chi connectivity index (χ2v) is 9.93. The minimum atomic E-state index is -0.936. The van der Waals surface area contributed by atoms with E-state index in [2.05, 4.69) is 18.7 Å². The molecule has 5 nitrogen and oxygen atoms in total. The lowest BCUT2D eigenvalue weighted by molar-refractivity contribution is -0.122. The number of likely N-dealkylation sites (tertiary alicyclic amines) is 1. The molecule has 0 bridgehead atoms. The van der Waals surface area contributed by atoms with Gasteiger partial charge in [0.05, 0.1) is 5.41 Å². The van der Waals surface area contributed by atoms with E-state index in [0.29, 0.717) is 18.7 Å². The Morgan fingerprint density at radius 3 is 2.17 bits per heavy atom. The lowest BCUT2D eigenvalue weighted by Crippen LogP contribution is -2.47. The summed E-state index contributed by atoms with van der Waals surface area (Å²) in [6, 6.07) is 23.3. The van der Waals surface area contributed by atoms with Crippen molar-refractivity contribution in [3.8, 4) is 11.5 Å². The molecule has 3 N–H and O–H groups in total. The molecule has 1 heterocycles. The fraction of sp³-hybridized carbons (Fsp3) is 0.345. The number of phenols is 1. The van der Waals surface area contributed by atoms with Crippen LogP contribution < -0.4 is 10.5 Å².